The fourth-order valence-corrected chi connectivity index (χ4v) is 2.79. The zero-order valence-corrected chi connectivity index (χ0v) is 13.8. The van der Waals surface area contributed by atoms with Gasteiger partial charge in [0.2, 0.25) is 11.7 Å². The normalized spacial score (nSPS) is 10.7. The summed E-state index contributed by atoms with van der Waals surface area (Å²) in [5, 5.41) is 4.92. The summed E-state index contributed by atoms with van der Waals surface area (Å²) < 4.78 is 17.8. The molecule has 0 fully saturated rings. The highest BCUT2D eigenvalue weighted by molar-refractivity contribution is 7.98. The Morgan fingerprint density at radius 1 is 1.26 bits per heavy atom. The maximum absolute atomic E-state index is 5.37. The van der Waals surface area contributed by atoms with Crippen LogP contribution in [0.3, 0.4) is 0 Å². The monoisotopic (exact) mass is 332 g/mol. The summed E-state index contributed by atoms with van der Waals surface area (Å²) in [5.41, 5.74) is 0.755. The second-order valence-electron chi connectivity index (χ2n) is 4.69. The third kappa shape index (κ3) is 3.31. The second kappa shape index (κ2) is 6.74. The molecule has 120 valence electrons. The molecular weight excluding hydrogens is 316 g/mol. The van der Waals surface area contributed by atoms with Crippen LogP contribution in [0.15, 0.2) is 40.3 Å². The fourth-order valence-electron chi connectivity index (χ4n) is 2.02. The van der Waals surface area contributed by atoms with E-state index in [1.165, 1.54) is 11.8 Å². The average Bonchev–Trinajstić information content (AvgIpc) is 3.21. The van der Waals surface area contributed by atoms with Crippen molar-refractivity contribution in [2.45, 2.75) is 10.9 Å². The summed E-state index contributed by atoms with van der Waals surface area (Å²) in [4.78, 5) is 8.66. The summed E-state index contributed by atoms with van der Waals surface area (Å²) in [5.74, 6) is 2.91. The smallest absolute Gasteiger partial charge is 0.237 e. The van der Waals surface area contributed by atoms with Crippen LogP contribution < -0.4 is 9.47 Å². The lowest BCUT2D eigenvalue weighted by atomic mass is 10.2. The van der Waals surface area contributed by atoms with E-state index in [9.17, 15) is 0 Å². The lowest BCUT2D eigenvalue weighted by Gasteiger charge is -2.07. The zero-order valence-electron chi connectivity index (χ0n) is 13.0. The lowest BCUT2D eigenvalue weighted by Crippen LogP contribution is -1.92. The van der Waals surface area contributed by atoms with Gasteiger partial charge in [-0.15, -0.1) is 0 Å². The standard InChI is InChI=1S/C15H16N4O3S/c1-19-7-6-16-15(19)23-9-13-17-14(18-22-13)11-5-4-10(20-2)8-12(11)21-3/h4-8H,9H2,1-3H3. The predicted molar refractivity (Wildman–Crippen MR) is 85.6 cm³/mol. The third-order valence-electron chi connectivity index (χ3n) is 3.22. The Kier molecular flexibility index (Phi) is 4.52. The van der Waals surface area contributed by atoms with Crippen LogP contribution in [0, 0.1) is 0 Å². The molecule has 3 rings (SSSR count). The molecule has 7 nitrogen and oxygen atoms in total. The van der Waals surface area contributed by atoms with Crippen molar-refractivity contribution in [3.8, 4) is 22.9 Å². The molecule has 0 saturated carbocycles. The highest BCUT2D eigenvalue weighted by Gasteiger charge is 2.15. The van der Waals surface area contributed by atoms with Crippen LogP contribution in [0.1, 0.15) is 5.89 Å². The second-order valence-corrected chi connectivity index (χ2v) is 5.63. The number of rotatable bonds is 6. The quantitative estimate of drug-likeness (QED) is 0.642. The minimum atomic E-state index is 0.486. The Labute approximate surface area is 137 Å². The van der Waals surface area contributed by atoms with Crippen molar-refractivity contribution in [1.29, 1.82) is 0 Å². The molecule has 23 heavy (non-hydrogen) atoms. The van der Waals surface area contributed by atoms with Crippen LogP contribution in [0.5, 0.6) is 11.5 Å². The van der Waals surface area contributed by atoms with Crippen LogP contribution in [0.4, 0.5) is 0 Å². The van der Waals surface area contributed by atoms with Gasteiger partial charge in [-0.3, -0.25) is 0 Å². The summed E-state index contributed by atoms with van der Waals surface area (Å²) in [6.07, 6.45) is 3.65. The van der Waals surface area contributed by atoms with Gasteiger partial charge in [-0.1, -0.05) is 16.9 Å². The number of imidazole rings is 1. The molecule has 0 bridgehead atoms. The summed E-state index contributed by atoms with van der Waals surface area (Å²) in [6.45, 7) is 0. The Bertz CT molecular complexity index is 800. The van der Waals surface area contributed by atoms with Gasteiger partial charge in [-0.2, -0.15) is 4.98 Å². The third-order valence-corrected chi connectivity index (χ3v) is 4.26. The first-order valence-electron chi connectivity index (χ1n) is 6.86. The van der Waals surface area contributed by atoms with E-state index in [2.05, 4.69) is 15.1 Å². The van der Waals surface area contributed by atoms with Gasteiger partial charge < -0.3 is 18.6 Å². The maximum atomic E-state index is 5.37. The number of thioether (sulfide) groups is 1. The van der Waals surface area contributed by atoms with Crippen molar-refractivity contribution in [2.75, 3.05) is 14.2 Å². The van der Waals surface area contributed by atoms with E-state index < -0.39 is 0 Å². The van der Waals surface area contributed by atoms with Crippen LogP contribution in [0.25, 0.3) is 11.4 Å². The van der Waals surface area contributed by atoms with Gasteiger partial charge in [0, 0.05) is 25.5 Å². The van der Waals surface area contributed by atoms with E-state index in [1.54, 1.807) is 26.5 Å². The molecule has 0 aliphatic carbocycles. The van der Waals surface area contributed by atoms with Crippen molar-refractivity contribution in [3.63, 3.8) is 0 Å². The highest BCUT2D eigenvalue weighted by atomic mass is 32.2. The zero-order chi connectivity index (χ0) is 16.2. The molecule has 2 heterocycles. The molecule has 0 radical (unpaired) electrons. The van der Waals surface area contributed by atoms with Gasteiger partial charge in [0.05, 0.1) is 25.5 Å². The molecule has 0 amide bonds. The molecule has 0 aliphatic heterocycles. The number of methoxy groups -OCH3 is 2. The maximum Gasteiger partial charge on any atom is 0.237 e. The Morgan fingerprint density at radius 3 is 2.83 bits per heavy atom. The highest BCUT2D eigenvalue weighted by Crippen LogP contribution is 2.32. The molecule has 3 aromatic rings. The van der Waals surface area contributed by atoms with E-state index in [4.69, 9.17) is 14.0 Å². The van der Waals surface area contributed by atoms with Crippen LogP contribution in [0.2, 0.25) is 0 Å². The van der Waals surface area contributed by atoms with Gasteiger partial charge in [-0.05, 0) is 12.1 Å². The Hall–Kier alpha value is -2.48. The van der Waals surface area contributed by atoms with Gasteiger partial charge in [0.1, 0.15) is 11.5 Å². The minimum absolute atomic E-state index is 0.486. The molecule has 0 saturated heterocycles. The first-order valence-corrected chi connectivity index (χ1v) is 7.85. The van der Waals surface area contributed by atoms with E-state index in [-0.39, 0.29) is 0 Å². The first kappa shape index (κ1) is 15.4. The number of ether oxygens (including phenoxy) is 2. The van der Waals surface area contributed by atoms with Crippen LogP contribution >= 0.6 is 11.8 Å². The van der Waals surface area contributed by atoms with Crippen molar-refractivity contribution in [3.05, 3.63) is 36.5 Å². The fraction of sp³-hybridized carbons (Fsp3) is 0.267. The number of benzene rings is 1. The Morgan fingerprint density at radius 2 is 2.13 bits per heavy atom. The molecular formula is C15H16N4O3S. The first-order chi connectivity index (χ1) is 11.2. The number of nitrogens with zero attached hydrogens (tertiary/aromatic N) is 4. The summed E-state index contributed by atoms with van der Waals surface area (Å²) >= 11 is 1.54. The van der Waals surface area contributed by atoms with Gasteiger partial charge in [-0.25, -0.2) is 4.98 Å². The van der Waals surface area contributed by atoms with Crippen molar-refractivity contribution in [1.82, 2.24) is 19.7 Å². The van der Waals surface area contributed by atoms with Gasteiger partial charge >= 0.3 is 0 Å². The van der Waals surface area contributed by atoms with E-state index in [0.717, 1.165) is 10.7 Å². The topological polar surface area (TPSA) is 75.2 Å². The molecule has 0 N–H and O–H groups in total. The molecule has 2 aromatic heterocycles. The largest absolute Gasteiger partial charge is 0.497 e. The van der Waals surface area contributed by atoms with Crippen molar-refractivity contribution in [2.24, 2.45) is 7.05 Å². The average molecular weight is 332 g/mol. The number of hydrogen-bond donors (Lipinski definition) is 0. The minimum Gasteiger partial charge on any atom is -0.497 e. The lowest BCUT2D eigenvalue weighted by molar-refractivity contribution is 0.388. The number of aryl methyl sites for hydroxylation is 1. The van der Waals surface area contributed by atoms with Crippen molar-refractivity contribution < 1.29 is 14.0 Å². The molecule has 0 aliphatic rings. The number of aromatic nitrogens is 4. The van der Waals surface area contributed by atoms with Crippen LogP contribution in [-0.4, -0.2) is 33.9 Å². The predicted octanol–water partition coefficient (Wildman–Crippen LogP) is 2.78. The van der Waals surface area contributed by atoms with E-state index in [1.807, 2.05) is 29.9 Å². The van der Waals surface area contributed by atoms with Gasteiger partial charge in [0.15, 0.2) is 5.16 Å². The summed E-state index contributed by atoms with van der Waals surface area (Å²) in [7, 11) is 5.14. The SMILES string of the molecule is COc1ccc(-c2noc(CSc3nccn3C)n2)c(OC)c1. The molecule has 8 heteroatoms. The van der Waals surface area contributed by atoms with Crippen LogP contribution in [-0.2, 0) is 12.8 Å². The van der Waals surface area contributed by atoms with Crippen molar-refractivity contribution >= 4 is 11.8 Å². The summed E-state index contributed by atoms with van der Waals surface area (Å²) in [6, 6.07) is 5.46. The number of hydrogen-bond acceptors (Lipinski definition) is 7. The van der Waals surface area contributed by atoms with E-state index in [0.29, 0.717) is 29.0 Å². The molecule has 0 spiro atoms. The van der Waals surface area contributed by atoms with E-state index >= 15 is 0 Å². The Balaban J connectivity index is 1.78. The van der Waals surface area contributed by atoms with Gasteiger partial charge in [0.25, 0.3) is 0 Å². The molecule has 0 unspecified atom stereocenters. The molecule has 0 atom stereocenters. The molecule has 1 aromatic carbocycles.